The van der Waals surface area contributed by atoms with Crippen LogP contribution in [0.2, 0.25) is 0 Å². The molecular formula is C20H19N3O2. The average molecular weight is 333 g/mol. The number of ether oxygens (including phenoxy) is 1. The van der Waals surface area contributed by atoms with Crippen molar-refractivity contribution in [3.8, 4) is 0 Å². The second-order valence-corrected chi connectivity index (χ2v) is 6.00. The molecule has 5 heteroatoms. The summed E-state index contributed by atoms with van der Waals surface area (Å²) in [6, 6.07) is 15.5. The SMILES string of the molecule is O=C(Nc1ccc(N2CCOCC2)cc1)c1cccc2cnccc12. The fourth-order valence-electron chi connectivity index (χ4n) is 3.10. The van der Waals surface area contributed by atoms with Crippen molar-refractivity contribution in [3.63, 3.8) is 0 Å². The first-order valence-corrected chi connectivity index (χ1v) is 8.38. The lowest BCUT2D eigenvalue weighted by Crippen LogP contribution is -2.36. The zero-order valence-electron chi connectivity index (χ0n) is 13.8. The maximum absolute atomic E-state index is 12.7. The van der Waals surface area contributed by atoms with Gasteiger partial charge in [0.25, 0.3) is 5.91 Å². The molecule has 0 atom stereocenters. The molecule has 2 aromatic carbocycles. The smallest absolute Gasteiger partial charge is 0.256 e. The van der Waals surface area contributed by atoms with E-state index in [-0.39, 0.29) is 5.91 Å². The van der Waals surface area contributed by atoms with Crippen molar-refractivity contribution >= 4 is 28.1 Å². The molecule has 1 aliphatic rings. The molecule has 0 spiro atoms. The number of hydrogen-bond donors (Lipinski definition) is 1. The number of fused-ring (bicyclic) bond motifs is 1. The average Bonchev–Trinajstić information content (AvgIpc) is 2.69. The normalized spacial score (nSPS) is 14.5. The lowest BCUT2D eigenvalue weighted by Gasteiger charge is -2.28. The standard InChI is InChI=1S/C20H19N3O2/c24-20(19-3-1-2-15-14-21-9-8-18(15)19)22-16-4-6-17(7-5-16)23-10-12-25-13-11-23/h1-9,14H,10-13H2,(H,22,24). The van der Waals surface area contributed by atoms with Crippen LogP contribution >= 0.6 is 0 Å². The minimum absolute atomic E-state index is 0.115. The molecule has 0 saturated carbocycles. The van der Waals surface area contributed by atoms with Gasteiger partial charge < -0.3 is 15.0 Å². The highest BCUT2D eigenvalue weighted by atomic mass is 16.5. The van der Waals surface area contributed by atoms with Gasteiger partial charge in [-0.25, -0.2) is 0 Å². The summed E-state index contributed by atoms with van der Waals surface area (Å²) in [6.45, 7) is 3.31. The fraction of sp³-hybridized carbons (Fsp3) is 0.200. The van der Waals surface area contributed by atoms with E-state index < -0.39 is 0 Å². The Hall–Kier alpha value is -2.92. The highest BCUT2D eigenvalue weighted by Gasteiger charge is 2.12. The van der Waals surface area contributed by atoms with Gasteiger partial charge in [-0.1, -0.05) is 12.1 Å². The topological polar surface area (TPSA) is 54.5 Å². The number of amides is 1. The Morgan fingerprint density at radius 3 is 2.64 bits per heavy atom. The molecule has 1 aromatic heterocycles. The Balaban J connectivity index is 1.52. The molecule has 25 heavy (non-hydrogen) atoms. The van der Waals surface area contributed by atoms with Crippen LogP contribution in [-0.2, 0) is 4.74 Å². The van der Waals surface area contributed by atoms with Gasteiger partial charge in [-0.15, -0.1) is 0 Å². The van der Waals surface area contributed by atoms with E-state index in [0.717, 1.165) is 48.5 Å². The number of nitrogens with zero attached hydrogens (tertiary/aromatic N) is 2. The van der Waals surface area contributed by atoms with Crippen molar-refractivity contribution in [2.45, 2.75) is 0 Å². The fourth-order valence-corrected chi connectivity index (χ4v) is 3.10. The summed E-state index contributed by atoms with van der Waals surface area (Å²) in [5.41, 5.74) is 2.59. The number of pyridine rings is 1. The van der Waals surface area contributed by atoms with Gasteiger partial charge in [0.15, 0.2) is 0 Å². The third-order valence-electron chi connectivity index (χ3n) is 4.43. The van der Waals surface area contributed by atoms with Crippen LogP contribution in [0.25, 0.3) is 10.8 Å². The van der Waals surface area contributed by atoms with Crippen LogP contribution in [-0.4, -0.2) is 37.2 Å². The van der Waals surface area contributed by atoms with Crippen LogP contribution < -0.4 is 10.2 Å². The number of carbonyl (C=O) groups excluding carboxylic acids is 1. The number of nitrogens with one attached hydrogen (secondary N) is 1. The van der Waals surface area contributed by atoms with Crippen LogP contribution in [0.4, 0.5) is 11.4 Å². The largest absolute Gasteiger partial charge is 0.378 e. The highest BCUT2D eigenvalue weighted by Crippen LogP contribution is 2.21. The minimum atomic E-state index is -0.115. The molecule has 5 nitrogen and oxygen atoms in total. The number of benzene rings is 2. The van der Waals surface area contributed by atoms with Crippen LogP contribution in [0.5, 0.6) is 0 Å². The molecule has 0 aliphatic carbocycles. The molecule has 2 heterocycles. The van der Waals surface area contributed by atoms with Gasteiger partial charge in [0.1, 0.15) is 0 Å². The van der Waals surface area contributed by atoms with E-state index in [2.05, 4.69) is 15.2 Å². The first-order valence-electron chi connectivity index (χ1n) is 8.38. The maximum Gasteiger partial charge on any atom is 0.256 e. The van der Waals surface area contributed by atoms with Gasteiger partial charge in [0, 0.05) is 47.8 Å². The van der Waals surface area contributed by atoms with Crippen molar-refractivity contribution in [3.05, 3.63) is 66.5 Å². The Morgan fingerprint density at radius 2 is 1.84 bits per heavy atom. The van der Waals surface area contributed by atoms with E-state index >= 15 is 0 Å². The number of hydrogen-bond acceptors (Lipinski definition) is 4. The van der Waals surface area contributed by atoms with Crippen LogP contribution in [0.3, 0.4) is 0 Å². The monoisotopic (exact) mass is 333 g/mol. The Labute approximate surface area is 146 Å². The Bertz CT molecular complexity index is 882. The molecule has 1 N–H and O–H groups in total. The Morgan fingerprint density at radius 1 is 1.04 bits per heavy atom. The molecule has 1 fully saturated rings. The lowest BCUT2D eigenvalue weighted by molar-refractivity contribution is 0.102. The van der Waals surface area contributed by atoms with Crippen LogP contribution in [0, 0.1) is 0 Å². The second-order valence-electron chi connectivity index (χ2n) is 6.00. The van der Waals surface area contributed by atoms with Crippen molar-refractivity contribution in [2.75, 3.05) is 36.5 Å². The molecule has 1 saturated heterocycles. The first-order chi connectivity index (χ1) is 12.3. The van der Waals surface area contributed by atoms with E-state index in [4.69, 9.17) is 4.74 Å². The molecule has 1 amide bonds. The maximum atomic E-state index is 12.7. The molecule has 3 aromatic rings. The van der Waals surface area contributed by atoms with Crippen molar-refractivity contribution in [1.82, 2.24) is 4.98 Å². The van der Waals surface area contributed by atoms with E-state index in [1.165, 1.54) is 0 Å². The third kappa shape index (κ3) is 3.32. The number of carbonyl (C=O) groups is 1. The number of rotatable bonds is 3. The van der Waals surface area contributed by atoms with Crippen molar-refractivity contribution < 1.29 is 9.53 Å². The van der Waals surface area contributed by atoms with Gasteiger partial charge >= 0.3 is 0 Å². The summed E-state index contributed by atoms with van der Waals surface area (Å²) in [4.78, 5) is 19.0. The molecule has 0 bridgehead atoms. The van der Waals surface area contributed by atoms with Crippen molar-refractivity contribution in [2.24, 2.45) is 0 Å². The van der Waals surface area contributed by atoms with E-state index in [9.17, 15) is 4.79 Å². The summed E-state index contributed by atoms with van der Waals surface area (Å²) >= 11 is 0. The van der Waals surface area contributed by atoms with Crippen LogP contribution in [0.15, 0.2) is 60.9 Å². The van der Waals surface area contributed by atoms with Gasteiger partial charge in [-0.2, -0.15) is 0 Å². The zero-order chi connectivity index (χ0) is 17.1. The number of aromatic nitrogens is 1. The quantitative estimate of drug-likeness (QED) is 0.799. The predicted octanol–water partition coefficient (Wildman–Crippen LogP) is 3.32. The summed E-state index contributed by atoms with van der Waals surface area (Å²) < 4.78 is 5.38. The van der Waals surface area contributed by atoms with E-state index in [0.29, 0.717) is 5.56 Å². The second kappa shape index (κ2) is 6.91. The summed E-state index contributed by atoms with van der Waals surface area (Å²) in [5, 5.41) is 4.84. The van der Waals surface area contributed by atoms with Gasteiger partial charge in [-0.3, -0.25) is 9.78 Å². The predicted molar refractivity (Wildman–Crippen MR) is 99.2 cm³/mol. The van der Waals surface area contributed by atoms with Gasteiger partial charge in [0.2, 0.25) is 0 Å². The van der Waals surface area contributed by atoms with E-state index in [1.807, 2.05) is 48.5 Å². The molecule has 1 aliphatic heterocycles. The molecule has 126 valence electrons. The molecule has 0 unspecified atom stereocenters. The molecule has 0 radical (unpaired) electrons. The van der Waals surface area contributed by atoms with Gasteiger partial charge in [0.05, 0.1) is 13.2 Å². The minimum Gasteiger partial charge on any atom is -0.378 e. The summed E-state index contributed by atoms with van der Waals surface area (Å²) in [5.74, 6) is -0.115. The molecular weight excluding hydrogens is 314 g/mol. The first kappa shape index (κ1) is 15.6. The Kier molecular flexibility index (Phi) is 4.31. The summed E-state index contributed by atoms with van der Waals surface area (Å²) in [6.07, 6.45) is 3.47. The summed E-state index contributed by atoms with van der Waals surface area (Å²) in [7, 11) is 0. The van der Waals surface area contributed by atoms with Crippen LogP contribution in [0.1, 0.15) is 10.4 Å². The zero-order valence-corrected chi connectivity index (χ0v) is 13.8. The number of anilines is 2. The highest BCUT2D eigenvalue weighted by molar-refractivity contribution is 6.12. The van der Waals surface area contributed by atoms with Gasteiger partial charge in [-0.05, 0) is 41.8 Å². The number of morpholine rings is 1. The molecule has 4 rings (SSSR count). The lowest BCUT2D eigenvalue weighted by atomic mass is 10.1. The van der Waals surface area contributed by atoms with E-state index in [1.54, 1.807) is 12.4 Å². The third-order valence-corrected chi connectivity index (χ3v) is 4.43. The van der Waals surface area contributed by atoms with Crippen molar-refractivity contribution in [1.29, 1.82) is 0 Å².